The minimum Gasteiger partial charge on any atom is -0.468 e. The topological polar surface area (TPSA) is 132 Å². The summed E-state index contributed by atoms with van der Waals surface area (Å²) in [5.41, 5.74) is 0.861. The van der Waals surface area contributed by atoms with Gasteiger partial charge in [-0.1, -0.05) is 44.2 Å². The molecule has 1 N–H and O–H groups in total. The van der Waals surface area contributed by atoms with Gasteiger partial charge in [0, 0.05) is 31.6 Å². The van der Waals surface area contributed by atoms with E-state index in [-0.39, 0.29) is 31.5 Å². The summed E-state index contributed by atoms with van der Waals surface area (Å²) in [6.45, 7) is 5.24. The number of nitrogens with zero attached hydrogens (tertiary/aromatic N) is 2. The molecular formula is C24H33N3O7S. The van der Waals surface area contributed by atoms with Crippen LogP contribution in [0.3, 0.4) is 0 Å². The van der Waals surface area contributed by atoms with Crippen molar-refractivity contribution < 1.29 is 31.7 Å². The molecular weight excluding hydrogens is 474 g/mol. The summed E-state index contributed by atoms with van der Waals surface area (Å²) < 4.78 is 30.9. The lowest BCUT2D eigenvalue weighted by molar-refractivity contribution is -0.146. The first-order chi connectivity index (χ1) is 16.5. The molecule has 0 aliphatic carbocycles. The van der Waals surface area contributed by atoms with E-state index in [1.807, 2.05) is 37.3 Å². The van der Waals surface area contributed by atoms with Crippen LogP contribution >= 0.6 is 0 Å². The molecule has 192 valence electrons. The number of rotatable bonds is 11. The smallest absolute Gasteiger partial charge is 0.325 e. The summed E-state index contributed by atoms with van der Waals surface area (Å²) in [6, 6.07) is 9.59. The fraction of sp³-hybridized carbons (Fsp3) is 0.417. The molecule has 2 rings (SSSR count). The van der Waals surface area contributed by atoms with Gasteiger partial charge in [0.2, 0.25) is 5.91 Å². The van der Waals surface area contributed by atoms with Crippen LogP contribution in [0.1, 0.15) is 36.7 Å². The van der Waals surface area contributed by atoms with Gasteiger partial charge in [-0.15, -0.1) is 0 Å². The molecule has 0 fully saturated rings. The summed E-state index contributed by atoms with van der Waals surface area (Å²) >= 11 is 0. The van der Waals surface area contributed by atoms with E-state index in [9.17, 15) is 22.8 Å². The molecule has 0 spiro atoms. The van der Waals surface area contributed by atoms with Crippen molar-refractivity contribution in [3.8, 4) is 0 Å². The Labute approximate surface area is 206 Å². The van der Waals surface area contributed by atoms with Gasteiger partial charge in [-0.2, -0.15) is 8.42 Å². The summed E-state index contributed by atoms with van der Waals surface area (Å²) in [5.74, 6) is -0.902. The van der Waals surface area contributed by atoms with Gasteiger partial charge in [-0.05, 0) is 23.4 Å². The number of fused-ring (bicyclic) bond motifs is 1. The third kappa shape index (κ3) is 11.1. The minimum absolute atomic E-state index is 0.0488. The van der Waals surface area contributed by atoms with E-state index in [0.29, 0.717) is 24.1 Å². The second-order valence-corrected chi connectivity index (χ2v) is 9.25. The van der Waals surface area contributed by atoms with E-state index < -0.39 is 16.1 Å². The van der Waals surface area contributed by atoms with E-state index in [4.69, 9.17) is 0 Å². The number of amides is 2. The Balaban J connectivity index is 0.000000375. The quantitative estimate of drug-likeness (QED) is 0.278. The Morgan fingerprint density at radius 2 is 1.83 bits per heavy atom. The lowest BCUT2D eigenvalue weighted by Gasteiger charge is -2.22. The number of ether oxygens (including phenoxy) is 1. The first kappa shape index (κ1) is 29.7. The molecule has 1 aromatic carbocycles. The highest BCUT2D eigenvalue weighted by molar-refractivity contribution is 7.86. The summed E-state index contributed by atoms with van der Waals surface area (Å²) in [6.07, 6.45) is 4.46. The van der Waals surface area contributed by atoms with Crippen LogP contribution in [0, 0.1) is 0 Å². The molecule has 2 amide bonds. The average molecular weight is 508 g/mol. The Bertz CT molecular complexity index is 1130. The molecule has 10 nitrogen and oxygen atoms in total. The summed E-state index contributed by atoms with van der Waals surface area (Å²) in [4.78, 5) is 40.1. The number of hydrogen-bond acceptors (Lipinski definition) is 8. The van der Waals surface area contributed by atoms with E-state index in [1.165, 1.54) is 12.0 Å². The zero-order valence-corrected chi connectivity index (χ0v) is 21.4. The number of nitrogens with one attached hydrogen (secondary N) is 1. The fourth-order valence-corrected chi connectivity index (χ4v) is 3.24. The number of benzene rings is 1. The van der Waals surface area contributed by atoms with Crippen molar-refractivity contribution in [1.29, 1.82) is 0 Å². The van der Waals surface area contributed by atoms with Crippen LogP contribution < -0.4 is 5.32 Å². The summed E-state index contributed by atoms with van der Waals surface area (Å²) in [5, 5.41) is 4.48. The van der Waals surface area contributed by atoms with Crippen molar-refractivity contribution in [2.45, 2.75) is 26.2 Å². The largest absolute Gasteiger partial charge is 0.468 e. The molecule has 0 unspecified atom stereocenters. The van der Waals surface area contributed by atoms with Crippen molar-refractivity contribution in [2.75, 3.05) is 40.1 Å². The molecule has 0 aliphatic rings. The first-order valence-electron chi connectivity index (χ1n) is 10.9. The Morgan fingerprint density at radius 3 is 2.43 bits per heavy atom. The van der Waals surface area contributed by atoms with Crippen molar-refractivity contribution in [2.24, 2.45) is 0 Å². The first-order valence-corrected chi connectivity index (χ1v) is 12.8. The number of carbonyl (C=O) groups excluding carboxylic acids is 3. The van der Waals surface area contributed by atoms with Crippen LogP contribution in [-0.4, -0.2) is 76.2 Å². The predicted octanol–water partition coefficient (Wildman–Crippen LogP) is 2.30. The van der Waals surface area contributed by atoms with Crippen LogP contribution in [0.5, 0.6) is 0 Å². The maximum absolute atomic E-state index is 12.0. The van der Waals surface area contributed by atoms with Gasteiger partial charge in [-0.3, -0.25) is 23.6 Å². The molecule has 1 aromatic heterocycles. The van der Waals surface area contributed by atoms with Crippen molar-refractivity contribution in [3.63, 3.8) is 0 Å². The number of carbonyl (C=O) groups is 3. The van der Waals surface area contributed by atoms with E-state index in [1.54, 1.807) is 13.2 Å². The summed E-state index contributed by atoms with van der Waals surface area (Å²) in [7, 11) is -0.735. The van der Waals surface area contributed by atoms with Crippen LogP contribution in [0.2, 0.25) is 0 Å². The monoisotopic (exact) mass is 507 g/mol. The van der Waals surface area contributed by atoms with E-state index >= 15 is 0 Å². The van der Waals surface area contributed by atoms with Gasteiger partial charge < -0.3 is 15.0 Å². The fourth-order valence-electron chi connectivity index (χ4n) is 2.86. The van der Waals surface area contributed by atoms with Crippen LogP contribution in [0.25, 0.3) is 10.8 Å². The Kier molecular flexibility index (Phi) is 12.6. The number of hydrogen-bond donors (Lipinski definition) is 1. The minimum atomic E-state index is -3.57. The average Bonchev–Trinajstić information content (AvgIpc) is 2.84. The van der Waals surface area contributed by atoms with Crippen LogP contribution in [-0.2, 0) is 28.6 Å². The third-order valence-corrected chi connectivity index (χ3v) is 5.20. The molecule has 0 atom stereocenters. The van der Waals surface area contributed by atoms with Crippen LogP contribution in [0.15, 0.2) is 48.7 Å². The van der Waals surface area contributed by atoms with E-state index in [2.05, 4.69) is 25.8 Å². The van der Waals surface area contributed by atoms with Gasteiger partial charge in [-0.25, -0.2) is 0 Å². The molecule has 0 saturated heterocycles. The maximum atomic E-state index is 12.0. The Morgan fingerprint density at radius 1 is 1.14 bits per heavy atom. The normalized spacial score (nSPS) is 10.6. The van der Waals surface area contributed by atoms with Crippen molar-refractivity contribution in [3.05, 3.63) is 54.4 Å². The SMILES string of the molecule is C=C(COS(C)(=O)=O)CN(CC(=O)OC)C(=O)CCCC.CNC(=O)c1nccc2ccccc12. The second kappa shape index (κ2) is 14.8. The molecule has 35 heavy (non-hydrogen) atoms. The van der Waals surface area contributed by atoms with Crippen molar-refractivity contribution >= 4 is 38.7 Å². The number of unbranched alkanes of at least 4 members (excludes halogenated alkanes) is 1. The molecule has 0 aliphatic heterocycles. The zero-order valence-electron chi connectivity index (χ0n) is 20.6. The highest BCUT2D eigenvalue weighted by Crippen LogP contribution is 2.15. The van der Waals surface area contributed by atoms with Gasteiger partial charge in [0.05, 0.1) is 20.0 Å². The van der Waals surface area contributed by atoms with Gasteiger partial charge >= 0.3 is 5.97 Å². The molecule has 0 radical (unpaired) electrons. The standard InChI is InChI=1S/C13H23NO6S.C11H10N2O/c1-5-6-7-12(15)14(9-13(16)19-3)8-11(2)10-20-21(4,17)18;1-12-11(14)10-9-5-3-2-4-8(9)6-7-13-10/h2,5-10H2,1,3-4H3;2-7H,1H3,(H,12,14). The molecule has 0 saturated carbocycles. The van der Waals surface area contributed by atoms with Gasteiger partial charge in [0.1, 0.15) is 12.2 Å². The number of methoxy groups -OCH3 is 1. The number of pyridine rings is 1. The van der Waals surface area contributed by atoms with Crippen molar-refractivity contribution in [1.82, 2.24) is 15.2 Å². The number of aromatic nitrogens is 1. The molecule has 11 heteroatoms. The maximum Gasteiger partial charge on any atom is 0.325 e. The lowest BCUT2D eigenvalue weighted by atomic mass is 10.1. The molecule has 2 aromatic rings. The number of esters is 1. The molecule has 1 heterocycles. The lowest BCUT2D eigenvalue weighted by Crippen LogP contribution is -2.38. The highest BCUT2D eigenvalue weighted by Gasteiger charge is 2.18. The van der Waals surface area contributed by atoms with E-state index in [0.717, 1.165) is 23.4 Å². The Hall–Kier alpha value is -3.31. The second-order valence-electron chi connectivity index (χ2n) is 7.61. The molecule has 0 bridgehead atoms. The predicted molar refractivity (Wildman–Crippen MR) is 133 cm³/mol. The zero-order chi connectivity index (χ0) is 26.4. The third-order valence-electron chi connectivity index (χ3n) is 4.65. The highest BCUT2D eigenvalue weighted by atomic mass is 32.2. The van der Waals surface area contributed by atoms with Crippen LogP contribution in [0.4, 0.5) is 0 Å². The van der Waals surface area contributed by atoms with Gasteiger partial charge in [0.25, 0.3) is 16.0 Å². The van der Waals surface area contributed by atoms with Gasteiger partial charge in [0.15, 0.2) is 0 Å².